The molecule has 6 heteroatoms. The van der Waals surface area contributed by atoms with Crippen molar-refractivity contribution in [2.45, 2.75) is 39.8 Å². The minimum absolute atomic E-state index is 0.468. The van der Waals surface area contributed by atoms with Gasteiger partial charge in [-0.05, 0) is 43.2 Å². The summed E-state index contributed by atoms with van der Waals surface area (Å²) < 4.78 is 2.20. The first-order valence-corrected chi connectivity index (χ1v) is 10.0. The highest BCUT2D eigenvalue weighted by atomic mass is 15.1. The number of hydrogen-bond acceptors (Lipinski definition) is 5. The van der Waals surface area contributed by atoms with Crippen molar-refractivity contribution in [1.29, 1.82) is 0 Å². The molecule has 29 heavy (non-hydrogen) atoms. The van der Waals surface area contributed by atoms with E-state index in [4.69, 9.17) is 10.7 Å². The van der Waals surface area contributed by atoms with Gasteiger partial charge in [0, 0.05) is 18.7 Å². The van der Waals surface area contributed by atoms with Gasteiger partial charge in [-0.3, -0.25) is 0 Å². The highest BCUT2D eigenvalue weighted by Gasteiger charge is 2.11. The predicted octanol–water partition coefficient (Wildman–Crippen LogP) is 4.80. The van der Waals surface area contributed by atoms with Crippen molar-refractivity contribution in [2.24, 2.45) is 0 Å². The molecule has 3 N–H and O–H groups in total. The molecule has 4 rings (SSSR count). The Hall–Kier alpha value is -3.41. The lowest BCUT2D eigenvalue weighted by Crippen LogP contribution is -2.04. The summed E-state index contributed by atoms with van der Waals surface area (Å²) in [5.41, 5.74) is 10.9. The van der Waals surface area contributed by atoms with Crippen molar-refractivity contribution in [2.75, 3.05) is 11.1 Å². The number of rotatable bonds is 7. The Kier molecular flexibility index (Phi) is 5.42. The molecule has 0 atom stereocenters. The van der Waals surface area contributed by atoms with Crippen LogP contribution in [0.4, 0.5) is 11.6 Å². The van der Waals surface area contributed by atoms with Crippen LogP contribution in [0.5, 0.6) is 0 Å². The molecule has 0 aliphatic heterocycles. The average molecular weight is 387 g/mol. The van der Waals surface area contributed by atoms with E-state index in [0.29, 0.717) is 12.4 Å². The first-order valence-electron chi connectivity index (χ1n) is 10.0. The number of nitrogens with two attached hydrogens (primary N) is 1. The van der Waals surface area contributed by atoms with Crippen molar-refractivity contribution >= 4 is 22.8 Å². The summed E-state index contributed by atoms with van der Waals surface area (Å²) in [6, 6.07) is 18.1. The highest BCUT2D eigenvalue weighted by molar-refractivity contribution is 5.77. The van der Waals surface area contributed by atoms with E-state index in [1.54, 1.807) is 0 Å². The SMILES string of the molecule is CCCCn1c(C)nc2ccc(-c3cc(N)nc(NCc4ccccc4)c3)nc21. The Labute approximate surface area is 170 Å². The quantitative estimate of drug-likeness (QED) is 0.477. The first-order chi connectivity index (χ1) is 14.1. The van der Waals surface area contributed by atoms with Gasteiger partial charge >= 0.3 is 0 Å². The molecule has 0 fully saturated rings. The lowest BCUT2D eigenvalue weighted by Gasteiger charge is -2.10. The molecule has 4 aromatic rings. The molecule has 0 saturated heterocycles. The molecule has 3 heterocycles. The highest BCUT2D eigenvalue weighted by Crippen LogP contribution is 2.25. The molecule has 0 aliphatic rings. The summed E-state index contributed by atoms with van der Waals surface area (Å²) in [4.78, 5) is 14.0. The van der Waals surface area contributed by atoms with E-state index in [2.05, 4.69) is 38.9 Å². The zero-order valence-corrected chi connectivity index (χ0v) is 16.9. The molecule has 0 spiro atoms. The Balaban J connectivity index is 1.65. The lowest BCUT2D eigenvalue weighted by atomic mass is 10.1. The van der Waals surface area contributed by atoms with Crippen LogP contribution < -0.4 is 11.1 Å². The fourth-order valence-corrected chi connectivity index (χ4v) is 3.44. The van der Waals surface area contributed by atoms with Gasteiger partial charge in [0.15, 0.2) is 5.65 Å². The first kappa shape index (κ1) is 18.9. The van der Waals surface area contributed by atoms with Crippen LogP contribution in [0, 0.1) is 6.92 Å². The maximum atomic E-state index is 6.08. The van der Waals surface area contributed by atoms with Crippen LogP contribution in [0.3, 0.4) is 0 Å². The van der Waals surface area contributed by atoms with Gasteiger partial charge < -0.3 is 15.6 Å². The number of aromatic nitrogens is 4. The molecule has 3 aromatic heterocycles. The molecular formula is C23H26N6. The van der Waals surface area contributed by atoms with Crippen molar-refractivity contribution in [3.8, 4) is 11.3 Å². The van der Waals surface area contributed by atoms with Crippen molar-refractivity contribution < 1.29 is 0 Å². The Morgan fingerprint density at radius 3 is 2.62 bits per heavy atom. The van der Waals surface area contributed by atoms with E-state index in [1.165, 1.54) is 5.56 Å². The Morgan fingerprint density at radius 1 is 1.00 bits per heavy atom. The van der Waals surface area contributed by atoms with Crippen molar-refractivity contribution in [3.63, 3.8) is 0 Å². The maximum Gasteiger partial charge on any atom is 0.160 e. The molecule has 0 amide bonds. The Morgan fingerprint density at radius 2 is 1.83 bits per heavy atom. The number of fused-ring (bicyclic) bond motifs is 1. The molecule has 1 aromatic carbocycles. The Bertz CT molecular complexity index is 1120. The van der Waals surface area contributed by atoms with Gasteiger partial charge in [-0.15, -0.1) is 0 Å². The van der Waals surface area contributed by atoms with E-state index >= 15 is 0 Å². The second kappa shape index (κ2) is 8.31. The van der Waals surface area contributed by atoms with Crippen LogP contribution >= 0.6 is 0 Å². The van der Waals surface area contributed by atoms with Crippen molar-refractivity contribution in [3.05, 3.63) is 66.0 Å². The van der Waals surface area contributed by atoms with Crippen LogP contribution in [0.15, 0.2) is 54.6 Å². The summed E-state index contributed by atoms with van der Waals surface area (Å²) in [7, 11) is 0. The number of pyridine rings is 2. The van der Waals surface area contributed by atoms with Gasteiger partial charge in [-0.2, -0.15) is 0 Å². The number of imidazole rings is 1. The smallest absolute Gasteiger partial charge is 0.160 e. The van der Waals surface area contributed by atoms with Gasteiger partial charge in [0.25, 0.3) is 0 Å². The number of anilines is 2. The van der Waals surface area contributed by atoms with Crippen molar-refractivity contribution in [1.82, 2.24) is 19.5 Å². The van der Waals surface area contributed by atoms with Crippen LogP contribution in [0.2, 0.25) is 0 Å². The normalized spacial score (nSPS) is 11.1. The second-order valence-electron chi connectivity index (χ2n) is 7.21. The van der Waals surface area contributed by atoms with E-state index in [0.717, 1.165) is 53.4 Å². The summed E-state index contributed by atoms with van der Waals surface area (Å²) >= 11 is 0. The number of aryl methyl sites for hydroxylation is 2. The molecule has 0 radical (unpaired) electrons. The van der Waals surface area contributed by atoms with E-state index in [1.807, 2.05) is 49.4 Å². The fourth-order valence-electron chi connectivity index (χ4n) is 3.44. The van der Waals surface area contributed by atoms with Crippen LogP contribution in [0.1, 0.15) is 31.2 Å². The molecular weight excluding hydrogens is 360 g/mol. The van der Waals surface area contributed by atoms with Crippen LogP contribution in [-0.4, -0.2) is 19.5 Å². The number of nitrogens with zero attached hydrogens (tertiary/aromatic N) is 4. The average Bonchev–Trinajstić information content (AvgIpc) is 3.05. The lowest BCUT2D eigenvalue weighted by molar-refractivity contribution is 0.627. The fraction of sp³-hybridized carbons (Fsp3) is 0.261. The number of benzene rings is 1. The second-order valence-corrected chi connectivity index (χ2v) is 7.21. The van der Waals surface area contributed by atoms with E-state index in [-0.39, 0.29) is 0 Å². The molecule has 148 valence electrons. The summed E-state index contributed by atoms with van der Waals surface area (Å²) in [6.45, 7) is 5.84. The molecule has 0 aliphatic carbocycles. The van der Waals surface area contributed by atoms with Gasteiger partial charge in [0.2, 0.25) is 0 Å². The third kappa shape index (κ3) is 4.21. The zero-order valence-electron chi connectivity index (χ0n) is 16.9. The van der Waals surface area contributed by atoms with Gasteiger partial charge in [0.1, 0.15) is 23.0 Å². The summed E-state index contributed by atoms with van der Waals surface area (Å²) in [6.07, 6.45) is 2.24. The summed E-state index contributed by atoms with van der Waals surface area (Å²) in [5, 5.41) is 3.36. The minimum Gasteiger partial charge on any atom is -0.384 e. The topological polar surface area (TPSA) is 81.7 Å². The number of unbranched alkanes of at least 4 members (excludes halogenated alkanes) is 1. The number of nitrogen functional groups attached to an aromatic ring is 1. The molecule has 0 unspecified atom stereocenters. The maximum absolute atomic E-state index is 6.08. The van der Waals surface area contributed by atoms with Crippen LogP contribution in [0.25, 0.3) is 22.4 Å². The van der Waals surface area contributed by atoms with E-state index < -0.39 is 0 Å². The minimum atomic E-state index is 0.468. The van der Waals surface area contributed by atoms with Crippen LogP contribution in [-0.2, 0) is 13.1 Å². The van der Waals surface area contributed by atoms with Gasteiger partial charge in [0.05, 0.1) is 5.69 Å². The third-order valence-corrected chi connectivity index (χ3v) is 4.98. The number of hydrogen-bond donors (Lipinski definition) is 2. The third-order valence-electron chi connectivity index (χ3n) is 4.98. The van der Waals surface area contributed by atoms with Gasteiger partial charge in [-0.25, -0.2) is 15.0 Å². The molecule has 0 saturated carbocycles. The predicted molar refractivity (Wildman–Crippen MR) is 119 cm³/mol. The number of nitrogens with one attached hydrogen (secondary N) is 1. The van der Waals surface area contributed by atoms with E-state index in [9.17, 15) is 0 Å². The summed E-state index contributed by atoms with van der Waals surface area (Å²) in [5.74, 6) is 2.20. The monoisotopic (exact) mass is 386 g/mol. The zero-order chi connectivity index (χ0) is 20.2. The van der Waals surface area contributed by atoms with Gasteiger partial charge in [-0.1, -0.05) is 43.7 Å². The molecule has 6 nitrogen and oxygen atoms in total. The standard InChI is InChI=1S/C23H26N6/c1-3-4-12-29-16(2)26-20-11-10-19(27-23(20)29)18-13-21(24)28-22(14-18)25-15-17-8-6-5-7-9-17/h5-11,13-14H,3-4,12,15H2,1-2H3,(H3,24,25,28). The largest absolute Gasteiger partial charge is 0.384 e. The molecule has 0 bridgehead atoms.